The van der Waals surface area contributed by atoms with Crippen LogP contribution in [-0.4, -0.2) is 18.9 Å². The van der Waals surface area contributed by atoms with Crippen LogP contribution in [-0.2, 0) is 9.59 Å². The van der Waals surface area contributed by atoms with Crippen molar-refractivity contribution in [3.8, 4) is 5.75 Å². The van der Waals surface area contributed by atoms with Crippen molar-refractivity contribution in [2.24, 2.45) is 0 Å². The van der Waals surface area contributed by atoms with Crippen molar-refractivity contribution in [2.75, 3.05) is 12.1 Å². The summed E-state index contributed by atoms with van der Waals surface area (Å²) >= 11 is 9.32. The number of benzene rings is 2. The van der Waals surface area contributed by atoms with E-state index < -0.39 is 11.8 Å². The van der Waals surface area contributed by atoms with Crippen molar-refractivity contribution in [2.45, 2.75) is 0 Å². The third-order valence-corrected chi connectivity index (χ3v) is 4.30. The number of methoxy groups -OCH3 is 1. The van der Waals surface area contributed by atoms with Crippen molar-refractivity contribution in [3.05, 3.63) is 63.1 Å². The molecule has 1 saturated heterocycles. The van der Waals surface area contributed by atoms with Gasteiger partial charge in [-0.3, -0.25) is 15.0 Å². The smallest absolute Gasteiger partial charge is 0.282 e. The monoisotopic (exact) mass is 406 g/mol. The Balaban J connectivity index is 1.93. The number of nitrogens with zero attached hydrogens (tertiary/aromatic N) is 1. The molecule has 2 aromatic rings. The largest absolute Gasteiger partial charge is 0.496 e. The second-order valence-electron chi connectivity index (χ2n) is 5.01. The van der Waals surface area contributed by atoms with Gasteiger partial charge in [0.15, 0.2) is 0 Å². The predicted molar refractivity (Wildman–Crippen MR) is 95.8 cm³/mol. The van der Waals surface area contributed by atoms with E-state index in [0.29, 0.717) is 22.0 Å². The lowest BCUT2D eigenvalue weighted by Crippen LogP contribution is -2.35. The zero-order chi connectivity index (χ0) is 17.3. The quantitative estimate of drug-likeness (QED) is 0.625. The Morgan fingerprint density at radius 2 is 2.00 bits per heavy atom. The molecule has 0 aliphatic carbocycles. The van der Waals surface area contributed by atoms with E-state index in [2.05, 4.69) is 21.4 Å². The Kier molecular flexibility index (Phi) is 4.59. The lowest BCUT2D eigenvalue weighted by atomic mass is 10.1. The van der Waals surface area contributed by atoms with E-state index >= 15 is 0 Å². The molecular formula is C17H12BrClN2O3. The first-order valence-corrected chi connectivity index (χ1v) is 8.13. The van der Waals surface area contributed by atoms with E-state index in [1.165, 1.54) is 11.1 Å². The SMILES string of the molecule is COc1ccc(/C=C2\C(=O)NN(c3cccc(Cl)c3)C2=O)cc1Br. The number of carbonyl (C=O) groups is 2. The summed E-state index contributed by atoms with van der Waals surface area (Å²) < 4.78 is 5.90. The second-order valence-corrected chi connectivity index (χ2v) is 6.30. The fraction of sp³-hybridized carbons (Fsp3) is 0.0588. The number of anilines is 1. The van der Waals surface area contributed by atoms with Crippen LogP contribution in [0.5, 0.6) is 5.75 Å². The van der Waals surface area contributed by atoms with Crippen LogP contribution in [0.2, 0.25) is 5.02 Å². The normalized spacial score (nSPS) is 15.8. The highest BCUT2D eigenvalue weighted by Gasteiger charge is 2.34. The van der Waals surface area contributed by atoms with Gasteiger partial charge in [0.1, 0.15) is 11.3 Å². The molecule has 1 aliphatic heterocycles. The molecule has 3 rings (SSSR count). The first-order valence-electron chi connectivity index (χ1n) is 6.96. The number of carbonyl (C=O) groups excluding carboxylic acids is 2. The molecular weight excluding hydrogens is 396 g/mol. The Labute approximate surface area is 152 Å². The summed E-state index contributed by atoms with van der Waals surface area (Å²) in [4.78, 5) is 24.7. The summed E-state index contributed by atoms with van der Waals surface area (Å²) in [7, 11) is 1.56. The molecule has 0 saturated carbocycles. The lowest BCUT2D eigenvalue weighted by Gasteiger charge is -2.14. The molecule has 1 heterocycles. The first kappa shape index (κ1) is 16.5. The third-order valence-electron chi connectivity index (χ3n) is 3.44. The first-order chi connectivity index (χ1) is 11.5. The van der Waals surface area contributed by atoms with Crippen molar-refractivity contribution in [1.29, 1.82) is 0 Å². The van der Waals surface area contributed by atoms with E-state index in [0.717, 1.165) is 4.47 Å². The summed E-state index contributed by atoms with van der Waals surface area (Å²) in [6, 6.07) is 12.0. The molecule has 1 aliphatic rings. The highest BCUT2D eigenvalue weighted by molar-refractivity contribution is 9.10. The number of hydrazine groups is 1. The van der Waals surface area contributed by atoms with Crippen molar-refractivity contribution >= 4 is 51.1 Å². The highest BCUT2D eigenvalue weighted by atomic mass is 79.9. The van der Waals surface area contributed by atoms with E-state index in [4.69, 9.17) is 16.3 Å². The number of amides is 2. The van der Waals surface area contributed by atoms with Crippen LogP contribution in [0.3, 0.4) is 0 Å². The molecule has 0 unspecified atom stereocenters. The molecule has 2 amide bonds. The molecule has 0 radical (unpaired) electrons. The summed E-state index contributed by atoms with van der Waals surface area (Å²) in [6.07, 6.45) is 1.53. The van der Waals surface area contributed by atoms with Crippen molar-refractivity contribution in [1.82, 2.24) is 5.43 Å². The minimum Gasteiger partial charge on any atom is -0.496 e. The average molecular weight is 408 g/mol. The van der Waals surface area contributed by atoms with Crippen LogP contribution >= 0.6 is 27.5 Å². The number of nitrogens with one attached hydrogen (secondary N) is 1. The highest BCUT2D eigenvalue weighted by Crippen LogP contribution is 2.28. The maximum Gasteiger partial charge on any atom is 0.282 e. The maximum atomic E-state index is 12.5. The summed E-state index contributed by atoms with van der Waals surface area (Å²) in [5.74, 6) is -0.235. The Morgan fingerprint density at radius 1 is 1.21 bits per heavy atom. The molecule has 122 valence electrons. The second kappa shape index (κ2) is 6.67. The van der Waals surface area contributed by atoms with Gasteiger partial charge in [-0.1, -0.05) is 23.7 Å². The van der Waals surface area contributed by atoms with Gasteiger partial charge < -0.3 is 4.74 Å². The Hall–Kier alpha value is -2.31. The van der Waals surface area contributed by atoms with Crippen molar-refractivity contribution < 1.29 is 14.3 Å². The van der Waals surface area contributed by atoms with Gasteiger partial charge in [-0.15, -0.1) is 0 Å². The number of rotatable bonds is 3. The molecule has 1 fully saturated rings. The van der Waals surface area contributed by atoms with Gasteiger partial charge in [0.2, 0.25) is 0 Å². The molecule has 7 heteroatoms. The summed E-state index contributed by atoms with van der Waals surface area (Å²) in [5.41, 5.74) is 3.79. The summed E-state index contributed by atoms with van der Waals surface area (Å²) in [5, 5.41) is 1.66. The van der Waals surface area contributed by atoms with E-state index in [-0.39, 0.29) is 5.57 Å². The molecule has 2 aromatic carbocycles. The van der Waals surface area contributed by atoms with Gasteiger partial charge in [0.25, 0.3) is 11.8 Å². The van der Waals surface area contributed by atoms with Crippen LogP contribution in [0.4, 0.5) is 5.69 Å². The fourth-order valence-electron chi connectivity index (χ4n) is 2.29. The topological polar surface area (TPSA) is 58.6 Å². The van der Waals surface area contributed by atoms with Crippen LogP contribution in [0.1, 0.15) is 5.56 Å². The standard InChI is InChI=1S/C17H12BrClN2O3/c1-24-15-6-5-10(8-14(15)18)7-13-16(22)20-21(17(13)23)12-4-2-3-11(19)9-12/h2-9H,1H3,(H,20,22)/b13-7+. The Bertz CT molecular complexity index is 867. The van der Waals surface area contributed by atoms with Gasteiger partial charge >= 0.3 is 0 Å². The van der Waals surface area contributed by atoms with E-state index in [9.17, 15) is 9.59 Å². The number of halogens is 2. The van der Waals surface area contributed by atoms with Crippen molar-refractivity contribution in [3.63, 3.8) is 0 Å². The van der Waals surface area contributed by atoms with E-state index in [1.54, 1.807) is 49.6 Å². The molecule has 0 aromatic heterocycles. The van der Waals surface area contributed by atoms with Crippen LogP contribution in [0.25, 0.3) is 6.08 Å². The average Bonchev–Trinajstić information content (AvgIpc) is 2.83. The van der Waals surface area contributed by atoms with Gasteiger partial charge in [0.05, 0.1) is 17.3 Å². The van der Waals surface area contributed by atoms with Crippen LogP contribution in [0.15, 0.2) is 52.5 Å². The predicted octanol–water partition coefficient (Wildman–Crippen LogP) is 3.57. The molecule has 1 N–H and O–H groups in total. The minimum atomic E-state index is -0.466. The third kappa shape index (κ3) is 3.16. The van der Waals surface area contributed by atoms with E-state index in [1.807, 2.05) is 0 Å². The number of ether oxygens (including phenoxy) is 1. The van der Waals surface area contributed by atoms with Gasteiger partial charge in [-0.2, -0.15) is 0 Å². The van der Waals surface area contributed by atoms with Crippen LogP contribution in [0, 0.1) is 0 Å². The number of hydrogen-bond donors (Lipinski definition) is 1. The zero-order valence-corrected chi connectivity index (χ0v) is 14.9. The maximum absolute atomic E-state index is 12.5. The molecule has 0 atom stereocenters. The molecule has 0 spiro atoms. The van der Waals surface area contributed by atoms with Gasteiger partial charge in [0, 0.05) is 5.02 Å². The minimum absolute atomic E-state index is 0.0482. The zero-order valence-electron chi connectivity index (χ0n) is 12.5. The van der Waals surface area contributed by atoms with Crippen LogP contribution < -0.4 is 15.2 Å². The molecule has 24 heavy (non-hydrogen) atoms. The number of hydrogen-bond acceptors (Lipinski definition) is 3. The lowest BCUT2D eigenvalue weighted by molar-refractivity contribution is -0.117. The molecule has 5 nitrogen and oxygen atoms in total. The van der Waals surface area contributed by atoms with Gasteiger partial charge in [-0.25, -0.2) is 5.01 Å². The fourth-order valence-corrected chi connectivity index (χ4v) is 3.04. The molecule has 0 bridgehead atoms. The summed E-state index contributed by atoms with van der Waals surface area (Å²) in [6.45, 7) is 0. The van der Waals surface area contributed by atoms with Gasteiger partial charge in [-0.05, 0) is 57.9 Å². The Morgan fingerprint density at radius 3 is 2.67 bits per heavy atom.